The molecule has 7 nitrogen and oxygen atoms in total. The third-order valence-electron chi connectivity index (χ3n) is 5.28. The number of amides is 2. The fourth-order valence-electron chi connectivity index (χ4n) is 3.49. The summed E-state index contributed by atoms with van der Waals surface area (Å²) in [5, 5.41) is 3.90. The van der Waals surface area contributed by atoms with Crippen LogP contribution in [0.5, 0.6) is 0 Å². The first-order valence-electron chi connectivity index (χ1n) is 11.2. The minimum absolute atomic E-state index is 0.0984. The van der Waals surface area contributed by atoms with Crippen molar-refractivity contribution >= 4 is 73.9 Å². The van der Waals surface area contributed by atoms with Gasteiger partial charge in [0.15, 0.2) is 0 Å². The average molecular weight is 597 g/mol. The first-order valence-corrected chi connectivity index (χ1v) is 14.5. The first kappa shape index (κ1) is 30.5. The van der Waals surface area contributed by atoms with Crippen LogP contribution in [-0.2, 0) is 26.2 Å². The number of benzene rings is 2. The lowest BCUT2D eigenvalue weighted by molar-refractivity contribution is -0.140. The van der Waals surface area contributed by atoms with Crippen molar-refractivity contribution in [2.24, 2.45) is 5.92 Å². The molecule has 36 heavy (non-hydrogen) atoms. The Morgan fingerprint density at radius 2 is 1.56 bits per heavy atom. The van der Waals surface area contributed by atoms with Crippen LogP contribution in [0.25, 0.3) is 0 Å². The number of carbonyl (C=O) groups is 2. The summed E-state index contributed by atoms with van der Waals surface area (Å²) in [6.45, 7) is 5.39. The Bertz CT molecular complexity index is 1170. The van der Waals surface area contributed by atoms with E-state index in [-0.39, 0.29) is 40.5 Å². The highest BCUT2D eigenvalue weighted by Gasteiger charge is 2.32. The molecule has 12 heteroatoms. The van der Waals surface area contributed by atoms with E-state index >= 15 is 0 Å². The number of anilines is 1. The van der Waals surface area contributed by atoms with Gasteiger partial charge in [0.1, 0.15) is 12.6 Å². The lowest BCUT2D eigenvalue weighted by atomic mass is 10.1. The van der Waals surface area contributed by atoms with Crippen molar-refractivity contribution in [2.45, 2.75) is 39.8 Å². The average Bonchev–Trinajstić information content (AvgIpc) is 2.76. The molecular formula is C24H29Cl4N3O4S. The molecule has 2 rings (SSSR count). The predicted molar refractivity (Wildman–Crippen MR) is 148 cm³/mol. The summed E-state index contributed by atoms with van der Waals surface area (Å²) in [5.74, 6) is -0.791. The monoisotopic (exact) mass is 595 g/mol. The third-order valence-corrected chi connectivity index (χ3v) is 7.56. The molecule has 0 fully saturated rings. The van der Waals surface area contributed by atoms with Gasteiger partial charge in [0, 0.05) is 38.7 Å². The Balaban J connectivity index is 2.51. The SMILES string of the molecule is CCC(C(=O)NCC(C)C)N(Cc1c(Cl)cccc1Cl)C(=O)CN(c1cc(Cl)cc(Cl)c1)S(C)(=O)=O. The summed E-state index contributed by atoms with van der Waals surface area (Å²) < 4.78 is 26.3. The van der Waals surface area contributed by atoms with E-state index in [4.69, 9.17) is 46.4 Å². The Morgan fingerprint density at radius 3 is 2.03 bits per heavy atom. The minimum Gasteiger partial charge on any atom is -0.354 e. The van der Waals surface area contributed by atoms with Crippen LogP contribution in [0.4, 0.5) is 5.69 Å². The summed E-state index contributed by atoms with van der Waals surface area (Å²) >= 11 is 24.9. The molecule has 1 atom stereocenters. The van der Waals surface area contributed by atoms with E-state index in [1.54, 1.807) is 25.1 Å². The van der Waals surface area contributed by atoms with Gasteiger partial charge in [-0.3, -0.25) is 13.9 Å². The highest BCUT2D eigenvalue weighted by Crippen LogP contribution is 2.29. The van der Waals surface area contributed by atoms with E-state index in [0.29, 0.717) is 22.2 Å². The molecule has 0 saturated heterocycles. The van der Waals surface area contributed by atoms with Crippen molar-refractivity contribution in [3.63, 3.8) is 0 Å². The number of hydrogen-bond acceptors (Lipinski definition) is 4. The molecule has 0 saturated carbocycles. The zero-order chi connectivity index (χ0) is 27.2. The second kappa shape index (κ2) is 13.2. The summed E-state index contributed by atoms with van der Waals surface area (Å²) in [6, 6.07) is 8.26. The van der Waals surface area contributed by atoms with Gasteiger partial charge in [0.2, 0.25) is 21.8 Å². The quantitative estimate of drug-likeness (QED) is 0.363. The maximum absolute atomic E-state index is 13.7. The number of nitrogens with zero attached hydrogens (tertiary/aromatic N) is 2. The molecule has 0 aliphatic carbocycles. The zero-order valence-corrected chi connectivity index (χ0v) is 24.2. The molecule has 2 aromatic rings. The van der Waals surface area contributed by atoms with Crippen LogP contribution in [0, 0.1) is 5.92 Å². The van der Waals surface area contributed by atoms with Crippen LogP contribution in [0.2, 0.25) is 20.1 Å². The number of rotatable bonds is 11. The van der Waals surface area contributed by atoms with Gasteiger partial charge in [-0.25, -0.2) is 8.42 Å². The van der Waals surface area contributed by atoms with Crippen LogP contribution >= 0.6 is 46.4 Å². The lowest BCUT2D eigenvalue weighted by Gasteiger charge is -2.33. The van der Waals surface area contributed by atoms with E-state index in [1.807, 2.05) is 13.8 Å². The third kappa shape index (κ3) is 8.42. The van der Waals surface area contributed by atoms with Gasteiger partial charge in [-0.05, 0) is 42.7 Å². The molecule has 1 N–H and O–H groups in total. The Labute approximate surface area is 232 Å². The summed E-state index contributed by atoms with van der Waals surface area (Å²) in [4.78, 5) is 28.1. The number of halogens is 4. The largest absolute Gasteiger partial charge is 0.354 e. The second-order valence-electron chi connectivity index (χ2n) is 8.68. The summed E-state index contributed by atoms with van der Waals surface area (Å²) in [7, 11) is -3.93. The lowest BCUT2D eigenvalue weighted by Crippen LogP contribution is -2.52. The molecular weight excluding hydrogens is 568 g/mol. The number of nitrogens with one attached hydrogen (secondary N) is 1. The van der Waals surface area contributed by atoms with Crippen molar-refractivity contribution in [2.75, 3.05) is 23.7 Å². The predicted octanol–water partition coefficient (Wildman–Crippen LogP) is 5.65. The highest BCUT2D eigenvalue weighted by molar-refractivity contribution is 7.92. The summed E-state index contributed by atoms with van der Waals surface area (Å²) in [6.07, 6.45) is 1.25. The molecule has 0 aliphatic rings. The van der Waals surface area contributed by atoms with Gasteiger partial charge in [-0.2, -0.15) is 0 Å². The molecule has 0 spiro atoms. The van der Waals surface area contributed by atoms with Crippen molar-refractivity contribution in [3.05, 3.63) is 62.1 Å². The normalized spacial score (nSPS) is 12.4. The van der Waals surface area contributed by atoms with Gasteiger partial charge < -0.3 is 10.2 Å². The molecule has 0 radical (unpaired) electrons. The first-order chi connectivity index (χ1) is 16.7. The van der Waals surface area contributed by atoms with Crippen molar-refractivity contribution in [1.29, 1.82) is 0 Å². The van der Waals surface area contributed by atoms with Gasteiger partial charge >= 0.3 is 0 Å². The van der Waals surface area contributed by atoms with Gasteiger partial charge in [-0.1, -0.05) is 73.2 Å². The van der Waals surface area contributed by atoms with E-state index in [2.05, 4.69) is 5.32 Å². The van der Waals surface area contributed by atoms with Crippen LogP contribution in [0.1, 0.15) is 32.8 Å². The molecule has 198 valence electrons. The van der Waals surface area contributed by atoms with E-state index < -0.39 is 28.5 Å². The molecule has 0 heterocycles. The number of carbonyl (C=O) groups excluding carboxylic acids is 2. The maximum Gasteiger partial charge on any atom is 0.244 e. The van der Waals surface area contributed by atoms with Gasteiger partial charge in [0.05, 0.1) is 11.9 Å². The molecule has 0 bridgehead atoms. The van der Waals surface area contributed by atoms with Crippen LogP contribution < -0.4 is 9.62 Å². The Morgan fingerprint density at radius 1 is 1.00 bits per heavy atom. The van der Waals surface area contributed by atoms with E-state index in [9.17, 15) is 18.0 Å². The van der Waals surface area contributed by atoms with Crippen molar-refractivity contribution in [1.82, 2.24) is 10.2 Å². The highest BCUT2D eigenvalue weighted by atomic mass is 35.5. The zero-order valence-electron chi connectivity index (χ0n) is 20.4. The Hall–Kier alpha value is -1.71. The van der Waals surface area contributed by atoms with Crippen molar-refractivity contribution < 1.29 is 18.0 Å². The van der Waals surface area contributed by atoms with Crippen LogP contribution in [0.3, 0.4) is 0 Å². The van der Waals surface area contributed by atoms with E-state index in [1.165, 1.54) is 23.1 Å². The fourth-order valence-corrected chi connectivity index (χ4v) is 5.36. The van der Waals surface area contributed by atoms with Gasteiger partial charge in [-0.15, -0.1) is 0 Å². The number of sulfonamides is 1. The minimum atomic E-state index is -3.93. The molecule has 0 aromatic heterocycles. The van der Waals surface area contributed by atoms with Gasteiger partial charge in [0.25, 0.3) is 0 Å². The van der Waals surface area contributed by atoms with Crippen LogP contribution in [-0.4, -0.2) is 50.5 Å². The molecule has 0 aliphatic heterocycles. The topological polar surface area (TPSA) is 86.8 Å². The molecule has 1 unspecified atom stereocenters. The molecule has 2 aromatic carbocycles. The van der Waals surface area contributed by atoms with E-state index in [0.717, 1.165) is 10.6 Å². The molecule has 2 amide bonds. The summed E-state index contributed by atoms with van der Waals surface area (Å²) in [5.41, 5.74) is 0.567. The second-order valence-corrected chi connectivity index (χ2v) is 12.3. The van der Waals surface area contributed by atoms with Crippen LogP contribution in [0.15, 0.2) is 36.4 Å². The number of hydrogen-bond donors (Lipinski definition) is 1. The Kier molecular flexibility index (Phi) is 11.2. The maximum atomic E-state index is 13.7. The fraction of sp³-hybridized carbons (Fsp3) is 0.417. The standard InChI is InChI=1S/C24H29Cl4N3O4S/c1-5-22(24(33)29-12-15(2)3)30(13-19-20(27)7-6-8-21(19)28)23(32)14-31(36(4,34)35)18-10-16(25)9-17(26)11-18/h6-11,15,22H,5,12-14H2,1-4H3,(H,29,33). The van der Waals surface area contributed by atoms with Crippen molar-refractivity contribution in [3.8, 4) is 0 Å². The smallest absolute Gasteiger partial charge is 0.244 e.